The molecule has 2 saturated heterocycles. The Hall–Kier alpha value is -0.650. The van der Waals surface area contributed by atoms with E-state index in [4.69, 9.17) is 9.47 Å². The number of carbonyl (C=O) groups is 1. The van der Waals surface area contributed by atoms with E-state index in [2.05, 4.69) is 6.92 Å². The van der Waals surface area contributed by atoms with Crippen molar-refractivity contribution in [2.45, 2.75) is 108 Å². The first-order valence-electron chi connectivity index (χ1n) is 9.27. The summed E-state index contributed by atoms with van der Waals surface area (Å²) in [6.07, 6.45) is 8.13. The molecule has 134 valence electrons. The van der Waals surface area contributed by atoms with Gasteiger partial charge in [-0.2, -0.15) is 0 Å². The third-order valence-electron chi connectivity index (χ3n) is 4.85. The van der Waals surface area contributed by atoms with Gasteiger partial charge in [-0.15, -0.1) is 0 Å². The van der Waals surface area contributed by atoms with Crippen LogP contribution in [0.15, 0.2) is 0 Å². The smallest absolute Gasteiger partial charge is 0.308 e. The summed E-state index contributed by atoms with van der Waals surface area (Å²) in [6, 6.07) is 0. The van der Waals surface area contributed by atoms with E-state index in [1.54, 1.807) is 0 Å². The van der Waals surface area contributed by atoms with Gasteiger partial charge in [0.05, 0.1) is 30.8 Å². The maximum atomic E-state index is 11.3. The van der Waals surface area contributed by atoms with Crippen LogP contribution in [0.2, 0.25) is 0 Å². The number of ether oxygens (including phenoxy) is 2. The number of fused-ring (bicyclic) bond motifs is 2. The minimum atomic E-state index is -0.555. The molecule has 0 saturated carbocycles. The molecule has 0 spiro atoms. The summed E-state index contributed by atoms with van der Waals surface area (Å²) in [7, 11) is 0. The molecule has 0 radical (unpaired) electrons. The van der Waals surface area contributed by atoms with Crippen molar-refractivity contribution in [3.63, 3.8) is 0 Å². The highest BCUT2D eigenvalue weighted by Gasteiger charge is 2.38. The van der Waals surface area contributed by atoms with Crippen LogP contribution in [0.25, 0.3) is 0 Å². The van der Waals surface area contributed by atoms with Crippen LogP contribution in [-0.2, 0) is 14.3 Å². The highest BCUT2D eigenvalue weighted by molar-refractivity contribution is 5.71. The van der Waals surface area contributed by atoms with Gasteiger partial charge in [0.25, 0.3) is 0 Å². The van der Waals surface area contributed by atoms with E-state index in [-0.39, 0.29) is 24.3 Å². The zero-order chi connectivity index (χ0) is 16.7. The molecule has 2 bridgehead atoms. The number of aliphatic hydroxyl groups excluding tert-OH is 2. The van der Waals surface area contributed by atoms with E-state index in [1.165, 1.54) is 19.3 Å². The molecular formula is C18H32O5. The number of carbonyl (C=O) groups excluding carboxylic acids is 1. The van der Waals surface area contributed by atoms with Crippen molar-refractivity contribution in [2.75, 3.05) is 0 Å². The molecule has 0 aliphatic carbocycles. The van der Waals surface area contributed by atoms with Gasteiger partial charge in [0.2, 0.25) is 0 Å². The monoisotopic (exact) mass is 328 g/mol. The molecule has 2 aliphatic heterocycles. The predicted molar refractivity (Wildman–Crippen MR) is 87.0 cm³/mol. The number of rotatable bonds is 10. The highest BCUT2D eigenvalue weighted by atomic mass is 16.6. The van der Waals surface area contributed by atoms with E-state index >= 15 is 0 Å². The summed E-state index contributed by atoms with van der Waals surface area (Å²) in [5, 5.41) is 20.2. The van der Waals surface area contributed by atoms with Crippen LogP contribution in [0, 0.1) is 0 Å². The van der Waals surface area contributed by atoms with Crippen LogP contribution in [-0.4, -0.2) is 46.7 Å². The molecule has 5 heteroatoms. The number of aliphatic hydroxyl groups is 2. The van der Waals surface area contributed by atoms with Crippen molar-refractivity contribution < 1.29 is 24.5 Å². The Morgan fingerprint density at radius 2 is 1.87 bits per heavy atom. The first-order chi connectivity index (χ1) is 11.1. The van der Waals surface area contributed by atoms with E-state index in [1.807, 2.05) is 0 Å². The number of hydrogen-bond donors (Lipinski definition) is 2. The lowest BCUT2D eigenvalue weighted by atomic mass is 9.92. The third-order valence-corrected chi connectivity index (χ3v) is 4.85. The van der Waals surface area contributed by atoms with Crippen molar-refractivity contribution >= 4 is 5.97 Å². The molecule has 5 unspecified atom stereocenters. The Bertz CT molecular complexity index is 343. The Balaban J connectivity index is 1.61. The summed E-state index contributed by atoms with van der Waals surface area (Å²) in [5.41, 5.74) is 0. The molecule has 2 rings (SSSR count). The van der Waals surface area contributed by atoms with Gasteiger partial charge < -0.3 is 19.7 Å². The first-order valence-corrected chi connectivity index (χ1v) is 9.27. The van der Waals surface area contributed by atoms with Gasteiger partial charge in [-0.25, -0.2) is 0 Å². The summed E-state index contributed by atoms with van der Waals surface area (Å²) in [5.74, 6) is -0.177. The fourth-order valence-electron chi connectivity index (χ4n) is 3.68. The molecule has 0 aromatic rings. The fourth-order valence-corrected chi connectivity index (χ4v) is 3.68. The molecule has 2 heterocycles. The second-order valence-electron chi connectivity index (χ2n) is 7.15. The van der Waals surface area contributed by atoms with E-state index in [9.17, 15) is 15.0 Å². The van der Waals surface area contributed by atoms with Crippen LogP contribution in [0.4, 0.5) is 0 Å². The molecule has 23 heavy (non-hydrogen) atoms. The molecule has 2 N–H and O–H groups in total. The third kappa shape index (κ3) is 6.77. The lowest BCUT2D eigenvalue weighted by Crippen LogP contribution is -2.44. The quantitative estimate of drug-likeness (QED) is 0.476. The van der Waals surface area contributed by atoms with E-state index < -0.39 is 12.2 Å². The topological polar surface area (TPSA) is 76.0 Å². The van der Waals surface area contributed by atoms with Gasteiger partial charge in [-0.1, -0.05) is 39.0 Å². The first kappa shape index (κ1) is 18.7. The maximum Gasteiger partial charge on any atom is 0.308 e. The Labute approximate surface area is 139 Å². The van der Waals surface area contributed by atoms with Crippen LogP contribution in [0.5, 0.6) is 0 Å². The summed E-state index contributed by atoms with van der Waals surface area (Å²) < 4.78 is 11.1. The van der Waals surface area contributed by atoms with E-state index in [0.717, 1.165) is 25.7 Å². The van der Waals surface area contributed by atoms with Gasteiger partial charge in [0.1, 0.15) is 6.10 Å². The molecule has 0 aromatic carbocycles. The maximum absolute atomic E-state index is 11.3. The van der Waals surface area contributed by atoms with Crippen molar-refractivity contribution in [2.24, 2.45) is 0 Å². The van der Waals surface area contributed by atoms with Crippen LogP contribution < -0.4 is 0 Å². The van der Waals surface area contributed by atoms with Crippen molar-refractivity contribution in [3.8, 4) is 0 Å². The van der Waals surface area contributed by atoms with Gasteiger partial charge in [-0.3, -0.25) is 4.79 Å². The number of unbranched alkanes of at least 4 members (excludes halogenated alkanes) is 4. The van der Waals surface area contributed by atoms with Gasteiger partial charge >= 0.3 is 5.97 Å². The zero-order valence-electron chi connectivity index (χ0n) is 14.3. The average Bonchev–Trinajstić information content (AvgIpc) is 2.45. The predicted octanol–water partition coefficient (Wildman–Crippen LogP) is 2.71. The van der Waals surface area contributed by atoms with Gasteiger partial charge in [0.15, 0.2) is 0 Å². The lowest BCUT2D eigenvalue weighted by Gasteiger charge is -2.39. The molecular weight excluding hydrogens is 296 g/mol. The minimum Gasteiger partial charge on any atom is -0.462 e. The SMILES string of the molecule is CCCCCCCC(O)CC(O)CC1CC2CC(CC(=O)O2)O1. The van der Waals surface area contributed by atoms with E-state index in [0.29, 0.717) is 25.7 Å². The highest BCUT2D eigenvalue weighted by Crippen LogP contribution is 2.31. The Morgan fingerprint density at radius 3 is 2.61 bits per heavy atom. The van der Waals surface area contributed by atoms with Crippen molar-refractivity contribution in [1.29, 1.82) is 0 Å². The Kier molecular flexibility index (Phi) is 7.80. The van der Waals surface area contributed by atoms with Gasteiger partial charge in [-0.05, 0) is 19.3 Å². The molecule has 0 amide bonds. The molecule has 5 nitrogen and oxygen atoms in total. The average molecular weight is 328 g/mol. The van der Waals surface area contributed by atoms with Gasteiger partial charge in [0, 0.05) is 12.8 Å². The standard InChI is InChI=1S/C18H32O5/c1-2-3-4-5-6-7-13(19)8-14(20)9-15-10-16-11-17(22-15)12-18(21)23-16/h13-17,19-20H,2-12H2,1H3. The summed E-state index contributed by atoms with van der Waals surface area (Å²) >= 11 is 0. The number of esters is 1. The second-order valence-corrected chi connectivity index (χ2v) is 7.15. The van der Waals surface area contributed by atoms with Crippen molar-refractivity contribution in [1.82, 2.24) is 0 Å². The molecule has 2 fully saturated rings. The second kappa shape index (κ2) is 9.60. The van der Waals surface area contributed by atoms with Crippen LogP contribution in [0.1, 0.15) is 77.6 Å². The normalized spacial score (nSPS) is 29.9. The van der Waals surface area contributed by atoms with Crippen LogP contribution >= 0.6 is 0 Å². The molecule has 0 aromatic heterocycles. The fraction of sp³-hybridized carbons (Fsp3) is 0.944. The minimum absolute atomic E-state index is 0.0595. The van der Waals surface area contributed by atoms with Crippen LogP contribution in [0.3, 0.4) is 0 Å². The largest absolute Gasteiger partial charge is 0.462 e. The summed E-state index contributed by atoms with van der Waals surface area (Å²) in [4.78, 5) is 11.3. The molecule has 2 aliphatic rings. The van der Waals surface area contributed by atoms with Crippen molar-refractivity contribution in [3.05, 3.63) is 0 Å². The molecule has 5 atom stereocenters. The number of hydrogen-bond acceptors (Lipinski definition) is 5. The Morgan fingerprint density at radius 1 is 1.09 bits per heavy atom. The zero-order valence-corrected chi connectivity index (χ0v) is 14.3. The summed E-state index contributed by atoms with van der Waals surface area (Å²) in [6.45, 7) is 2.19. The lowest BCUT2D eigenvalue weighted by molar-refractivity contribution is -0.186.